The van der Waals surface area contributed by atoms with E-state index in [1.807, 2.05) is 45.0 Å². The third-order valence-electron chi connectivity index (χ3n) is 3.91. The topological polar surface area (TPSA) is 74.2 Å². The second-order valence-electron chi connectivity index (χ2n) is 6.54. The zero-order valence-electron chi connectivity index (χ0n) is 15.1. The van der Waals surface area contributed by atoms with E-state index in [9.17, 15) is 4.79 Å². The second-order valence-corrected chi connectivity index (χ2v) is 6.54. The summed E-state index contributed by atoms with van der Waals surface area (Å²) >= 11 is 0. The van der Waals surface area contributed by atoms with Crippen molar-refractivity contribution in [3.05, 3.63) is 42.0 Å². The second kappa shape index (κ2) is 8.47. The van der Waals surface area contributed by atoms with Crippen molar-refractivity contribution in [2.24, 2.45) is 0 Å². The first-order valence-corrected chi connectivity index (χ1v) is 8.30. The van der Waals surface area contributed by atoms with Crippen LogP contribution < -0.4 is 4.74 Å². The average molecular weight is 350 g/mol. The number of benzene rings is 1. The Kier molecular flexibility index (Phi) is 6.58. The molecule has 1 N–H and O–H groups in total. The molecule has 2 rings (SSSR count). The molecule has 0 aliphatic carbocycles. The molecule has 3 atom stereocenters. The molecule has 0 saturated carbocycles. The molecule has 1 aliphatic heterocycles. The van der Waals surface area contributed by atoms with Crippen molar-refractivity contribution in [3.8, 4) is 5.75 Å². The maximum atomic E-state index is 10.7. The van der Waals surface area contributed by atoms with E-state index in [1.165, 1.54) is 6.08 Å². The van der Waals surface area contributed by atoms with E-state index in [0.717, 1.165) is 17.4 Å². The highest BCUT2D eigenvalue weighted by molar-refractivity contribution is 5.79. The summed E-state index contributed by atoms with van der Waals surface area (Å²) in [5, 5.41) is 8.80. The summed E-state index contributed by atoms with van der Waals surface area (Å²) in [6.45, 7) is 6.09. The van der Waals surface area contributed by atoms with Crippen LogP contribution in [0.3, 0.4) is 0 Å². The minimum Gasteiger partial charge on any atom is -0.497 e. The molecular weight excluding hydrogens is 324 g/mol. The van der Waals surface area contributed by atoms with Crippen LogP contribution in [0, 0.1) is 0 Å². The Morgan fingerprint density at radius 2 is 2.00 bits per heavy atom. The molecule has 1 heterocycles. The number of carbonyl (C=O) groups is 1. The summed E-state index contributed by atoms with van der Waals surface area (Å²) in [4.78, 5) is 10.7. The number of carboxylic acid groups (broad SMARTS) is 1. The molecule has 1 aromatic carbocycles. The lowest BCUT2D eigenvalue weighted by Crippen LogP contribution is -2.26. The molecule has 1 aromatic rings. The lowest BCUT2D eigenvalue weighted by atomic mass is 10.1. The summed E-state index contributed by atoms with van der Waals surface area (Å²) in [5.74, 6) is -0.937. The van der Waals surface area contributed by atoms with Gasteiger partial charge in [0.2, 0.25) is 0 Å². The van der Waals surface area contributed by atoms with Gasteiger partial charge in [0.15, 0.2) is 5.79 Å². The first-order chi connectivity index (χ1) is 11.8. The Balaban J connectivity index is 1.88. The summed E-state index contributed by atoms with van der Waals surface area (Å²) in [6.07, 6.45) is 2.50. The molecule has 6 heteroatoms. The zero-order chi connectivity index (χ0) is 18.4. The predicted molar refractivity (Wildman–Crippen MR) is 92.5 cm³/mol. The predicted octanol–water partition coefficient (Wildman–Crippen LogP) is 3.15. The number of aliphatic carboxylic acids is 1. The summed E-state index contributed by atoms with van der Waals surface area (Å²) in [5.41, 5.74) is 1.05. The molecule has 0 spiro atoms. The minimum absolute atomic E-state index is 0.0645. The van der Waals surface area contributed by atoms with Crippen molar-refractivity contribution in [1.29, 1.82) is 0 Å². The highest BCUT2D eigenvalue weighted by Crippen LogP contribution is 2.31. The molecule has 1 saturated heterocycles. The SMILES string of the molecule is COc1ccc(CO[C@@H](C)C[C@@H]2OC(C)(C)O[C@H]2/C=C/C(=O)O)cc1. The van der Waals surface area contributed by atoms with Crippen LogP contribution in [0.5, 0.6) is 5.75 Å². The fourth-order valence-corrected chi connectivity index (χ4v) is 2.74. The first-order valence-electron chi connectivity index (χ1n) is 8.30. The Labute approximate surface area is 148 Å². The highest BCUT2D eigenvalue weighted by Gasteiger charge is 2.40. The van der Waals surface area contributed by atoms with E-state index in [1.54, 1.807) is 7.11 Å². The lowest BCUT2D eigenvalue weighted by Gasteiger charge is -2.20. The van der Waals surface area contributed by atoms with E-state index in [-0.39, 0.29) is 12.2 Å². The number of methoxy groups -OCH3 is 1. The first kappa shape index (κ1) is 19.4. The Morgan fingerprint density at radius 1 is 1.32 bits per heavy atom. The summed E-state index contributed by atoms with van der Waals surface area (Å²) in [7, 11) is 1.63. The molecule has 138 valence electrons. The number of rotatable bonds is 8. The van der Waals surface area contributed by atoms with Crippen LogP contribution in [0.2, 0.25) is 0 Å². The van der Waals surface area contributed by atoms with Crippen molar-refractivity contribution in [2.45, 2.75) is 57.9 Å². The van der Waals surface area contributed by atoms with Gasteiger partial charge in [-0.05, 0) is 44.5 Å². The van der Waals surface area contributed by atoms with Gasteiger partial charge in [-0.1, -0.05) is 12.1 Å². The van der Waals surface area contributed by atoms with Crippen molar-refractivity contribution in [3.63, 3.8) is 0 Å². The molecule has 0 unspecified atom stereocenters. The summed E-state index contributed by atoms with van der Waals surface area (Å²) < 4.78 is 22.7. The normalized spacial score (nSPS) is 23.7. The van der Waals surface area contributed by atoms with E-state index in [4.69, 9.17) is 24.1 Å². The van der Waals surface area contributed by atoms with Crippen molar-refractivity contribution in [2.75, 3.05) is 7.11 Å². The fraction of sp³-hybridized carbons (Fsp3) is 0.526. The third-order valence-corrected chi connectivity index (χ3v) is 3.91. The van der Waals surface area contributed by atoms with Gasteiger partial charge in [0.05, 0.1) is 25.9 Å². The molecule has 0 bridgehead atoms. The quantitative estimate of drug-likeness (QED) is 0.726. The van der Waals surface area contributed by atoms with Gasteiger partial charge in [-0.3, -0.25) is 0 Å². The van der Waals surface area contributed by atoms with Gasteiger partial charge in [-0.25, -0.2) is 4.79 Å². The minimum atomic E-state index is -1.00. The van der Waals surface area contributed by atoms with Crippen LogP contribution in [-0.2, 0) is 25.6 Å². The molecule has 1 aliphatic rings. The van der Waals surface area contributed by atoms with E-state index in [2.05, 4.69) is 0 Å². The smallest absolute Gasteiger partial charge is 0.328 e. The van der Waals surface area contributed by atoms with Crippen molar-refractivity contribution >= 4 is 5.97 Å². The van der Waals surface area contributed by atoms with Crippen LogP contribution in [0.4, 0.5) is 0 Å². The maximum absolute atomic E-state index is 10.7. The van der Waals surface area contributed by atoms with Gasteiger partial charge in [0.25, 0.3) is 0 Å². The highest BCUT2D eigenvalue weighted by atomic mass is 16.7. The average Bonchev–Trinajstić information content (AvgIpc) is 2.85. The van der Waals surface area contributed by atoms with Crippen LogP contribution in [0.25, 0.3) is 0 Å². The van der Waals surface area contributed by atoms with E-state index >= 15 is 0 Å². The van der Waals surface area contributed by atoms with Gasteiger partial charge in [0, 0.05) is 12.5 Å². The number of hydrogen-bond donors (Lipinski definition) is 1. The standard InChI is InChI=1S/C19H26O6/c1-13(23-12-14-5-7-15(22-4)8-6-14)11-17-16(9-10-18(20)21)24-19(2,3)25-17/h5-10,13,16-17H,11-12H2,1-4H3,(H,20,21)/b10-9+/t13-,16-,17-/m0/s1. The van der Waals surface area contributed by atoms with Crippen LogP contribution in [-0.4, -0.2) is 42.3 Å². The molecule has 0 radical (unpaired) electrons. The van der Waals surface area contributed by atoms with Crippen LogP contribution >= 0.6 is 0 Å². The van der Waals surface area contributed by atoms with Gasteiger partial charge >= 0.3 is 5.97 Å². The number of carboxylic acids is 1. The fourth-order valence-electron chi connectivity index (χ4n) is 2.74. The number of ether oxygens (including phenoxy) is 4. The molecule has 25 heavy (non-hydrogen) atoms. The Bertz CT molecular complexity index is 592. The largest absolute Gasteiger partial charge is 0.497 e. The van der Waals surface area contributed by atoms with Crippen LogP contribution in [0.1, 0.15) is 32.8 Å². The third kappa shape index (κ3) is 6.16. The van der Waals surface area contributed by atoms with E-state index in [0.29, 0.717) is 13.0 Å². The molecule has 1 fully saturated rings. The van der Waals surface area contributed by atoms with Gasteiger partial charge in [-0.2, -0.15) is 0 Å². The molecule has 6 nitrogen and oxygen atoms in total. The van der Waals surface area contributed by atoms with Crippen LogP contribution in [0.15, 0.2) is 36.4 Å². The van der Waals surface area contributed by atoms with Crippen molar-refractivity contribution < 1.29 is 28.8 Å². The Hall–Kier alpha value is -1.89. The van der Waals surface area contributed by atoms with E-state index < -0.39 is 17.9 Å². The van der Waals surface area contributed by atoms with Gasteiger partial charge < -0.3 is 24.1 Å². The molecule has 0 aromatic heterocycles. The maximum Gasteiger partial charge on any atom is 0.328 e. The Morgan fingerprint density at radius 3 is 2.60 bits per heavy atom. The molecular formula is C19H26O6. The number of hydrogen-bond acceptors (Lipinski definition) is 5. The lowest BCUT2D eigenvalue weighted by molar-refractivity contribution is -0.146. The van der Waals surface area contributed by atoms with Gasteiger partial charge in [-0.15, -0.1) is 0 Å². The van der Waals surface area contributed by atoms with Crippen molar-refractivity contribution in [1.82, 2.24) is 0 Å². The summed E-state index contributed by atoms with van der Waals surface area (Å²) in [6, 6.07) is 7.71. The van der Waals surface area contributed by atoms with Gasteiger partial charge in [0.1, 0.15) is 11.9 Å². The monoisotopic (exact) mass is 350 g/mol. The molecule has 0 amide bonds. The zero-order valence-corrected chi connectivity index (χ0v) is 15.1.